The van der Waals surface area contributed by atoms with E-state index in [2.05, 4.69) is 46.9 Å². The summed E-state index contributed by atoms with van der Waals surface area (Å²) in [5.41, 5.74) is 0.115. The van der Waals surface area contributed by atoms with Crippen molar-refractivity contribution in [3.63, 3.8) is 0 Å². The number of carbonyl (C=O) groups excluding carboxylic acids is 1. The number of rotatable bonds is 8. The summed E-state index contributed by atoms with van der Waals surface area (Å²) in [6.07, 6.45) is 3.40. The molecule has 114 valence electrons. The van der Waals surface area contributed by atoms with Crippen molar-refractivity contribution in [1.82, 2.24) is 5.32 Å². The van der Waals surface area contributed by atoms with Crippen molar-refractivity contribution in [2.24, 2.45) is 16.7 Å². The van der Waals surface area contributed by atoms with Crippen LogP contribution in [0.2, 0.25) is 0 Å². The summed E-state index contributed by atoms with van der Waals surface area (Å²) in [6, 6.07) is 0. The molecule has 0 aromatic heterocycles. The van der Waals surface area contributed by atoms with Crippen molar-refractivity contribution in [2.45, 2.75) is 67.2 Å². The maximum Gasteiger partial charge on any atom is 0.220 e. The molecular formula is C16H33NO2. The van der Waals surface area contributed by atoms with Gasteiger partial charge in [-0.25, -0.2) is 0 Å². The molecule has 2 N–H and O–H groups in total. The van der Waals surface area contributed by atoms with E-state index >= 15 is 0 Å². The van der Waals surface area contributed by atoms with Crippen molar-refractivity contribution >= 4 is 5.91 Å². The molecule has 19 heavy (non-hydrogen) atoms. The van der Waals surface area contributed by atoms with Gasteiger partial charge in [0.25, 0.3) is 0 Å². The van der Waals surface area contributed by atoms with E-state index in [1.54, 1.807) is 0 Å². The van der Waals surface area contributed by atoms with Crippen LogP contribution in [0.4, 0.5) is 0 Å². The smallest absolute Gasteiger partial charge is 0.220 e. The molecule has 0 saturated heterocycles. The van der Waals surface area contributed by atoms with Crippen LogP contribution in [0.1, 0.15) is 67.2 Å². The first-order valence-electron chi connectivity index (χ1n) is 7.55. The Kier molecular flexibility index (Phi) is 7.65. The van der Waals surface area contributed by atoms with Crippen molar-refractivity contribution in [3.05, 3.63) is 0 Å². The van der Waals surface area contributed by atoms with Crippen LogP contribution >= 0.6 is 0 Å². The zero-order valence-electron chi connectivity index (χ0n) is 13.7. The zero-order chi connectivity index (χ0) is 15.1. The fourth-order valence-electron chi connectivity index (χ4n) is 2.57. The van der Waals surface area contributed by atoms with E-state index < -0.39 is 0 Å². The molecule has 3 heteroatoms. The fraction of sp³-hybridized carbons (Fsp3) is 0.938. The third-order valence-corrected chi connectivity index (χ3v) is 3.99. The standard InChI is InChI=1S/C16H33NO2/c1-7-16(8-2,12-18)11-17-14(19)9-13(3)10-15(4,5)6/h13,18H,7-12H2,1-6H3,(H,17,19). The highest BCUT2D eigenvalue weighted by Gasteiger charge is 2.26. The van der Waals surface area contributed by atoms with Gasteiger partial charge in [0.05, 0.1) is 6.61 Å². The van der Waals surface area contributed by atoms with E-state index in [1.807, 2.05) is 0 Å². The van der Waals surface area contributed by atoms with Crippen LogP contribution in [0, 0.1) is 16.7 Å². The first-order valence-corrected chi connectivity index (χ1v) is 7.55. The SMILES string of the molecule is CCC(CC)(CO)CNC(=O)CC(C)CC(C)(C)C. The number of nitrogens with one attached hydrogen (secondary N) is 1. The normalized spacial score (nSPS) is 14.3. The topological polar surface area (TPSA) is 49.3 Å². The molecule has 1 unspecified atom stereocenters. The van der Waals surface area contributed by atoms with E-state index in [4.69, 9.17) is 0 Å². The van der Waals surface area contributed by atoms with Crippen LogP contribution in [0.5, 0.6) is 0 Å². The minimum absolute atomic E-state index is 0.108. The van der Waals surface area contributed by atoms with Crippen LogP contribution in [0.15, 0.2) is 0 Å². The second-order valence-electron chi connectivity index (χ2n) is 7.22. The minimum Gasteiger partial charge on any atom is -0.396 e. The number of hydrogen-bond acceptors (Lipinski definition) is 2. The average molecular weight is 271 g/mol. The lowest BCUT2D eigenvalue weighted by Crippen LogP contribution is -2.39. The maximum atomic E-state index is 11.9. The number of carbonyl (C=O) groups is 1. The molecule has 0 aromatic carbocycles. The summed E-state index contributed by atoms with van der Waals surface area (Å²) in [4.78, 5) is 11.9. The quantitative estimate of drug-likeness (QED) is 0.711. The van der Waals surface area contributed by atoms with Crippen LogP contribution in [0.25, 0.3) is 0 Å². The Morgan fingerprint density at radius 1 is 1.21 bits per heavy atom. The number of aliphatic hydroxyl groups is 1. The Morgan fingerprint density at radius 3 is 2.11 bits per heavy atom. The lowest BCUT2D eigenvalue weighted by atomic mass is 9.82. The van der Waals surface area contributed by atoms with Crippen molar-refractivity contribution in [3.8, 4) is 0 Å². The molecule has 0 spiro atoms. The second kappa shape index (κ2) is 7.88. The first-order chi connectivity index (χ1) is 8.68. The van der Waals surface area contributed by atoms with Crippen molar-refractivity contribution in [2.75, 3.05) is 13.2 Å². The van der Waals surface area contributed by atoms with Gasteiger partial charge in [0.15, 0.2) is 0 Å². The molecule has 0 rings (SSSR count). The molecule has 0 saturated carbocycles. The average Bonchev–Trinajstić information content (AvgIpc) is 2.29. The van der Waals surface area contributed by atoms with Crippen LogP contribution in [-0.4, -0.2) is 24.2 Å². The summed E-state index contributed by atoms with van der Waals surface area (Å²) in [6.45, 7) is 13.6. The van der Waals surface area contributed by atoms with E-state index in [0.717, 1.165) is 19.3 Å². The Bertz CT molecular complexity index is 256. The first kappa shape index (κ1) is 18.4. The molecule has 1 atom stereocenters. The Hall–Kier alpha value is -0.570. The summed E-state index contributed by atoms with van der Waals surface area (Å²) in [5, 5.41) is 12.5. The molecule has 0 heterocycles. The molecule has 0 aliphatic heterocycles. The fourth-order valence-corrected chi connectivity index (χ4v) is 2.57. The van der Waals surface area contributed by atoms with Gasteiger partial charge in [-0.15, -0.1) is 0 Å². The molecule has 0 aromatic rings. The molecule has 0 aliphatic carbocycles. The van der Waals surface area contributed by atoms with Gasteiger partial charge < -0.3 is 10.4 Å². The lowest BCUT2D eigenvalue weighted by Gasteiger charge is -2.30. The van der Waals surface area contributed by atoms with Gasteiger partial charge in [0.1, 0.15) is 0 Å². The third-order valence-electron chi connectivity index (χ3n) is 3.99. The van der Waals surface area contributed by atoms with E-state index in [-0.39, 0.29) is 23.3 Å². The van der Waals surface area contributed by atoms with Crippen molar-refractivity contribution < 1.29 is 9.90 Å². The monoisotopic (exact) mass is 271 g/mol. The van der Waals surface area contributed by atoms with Gasteiger partial charge in [-0.1, -0.05) is 41.5 Å². The Labute approximate surface area is 119 Å². The highest BCUT2D eigenvalue weighted by Crippen LogP contribution is 2.27. The second-order valence-corrected chi connectivity index (χ2v) is 7.22. The number of aliphatic hydroxyl groups excluding tert-OH is 1. The predicted molar refractivity (Wildman–Crippen MR) is 81.0 cm³/mol. The number of hydrogen-bond donors (Lipinski definition) is 2. The molecule has 1 amide bonds. The predicted octanol–water partition coefficient (Wildman–Crippen LogP) is 3.36. The molecule has 0 radical (unpaired) electrons. The highest BCUT2D eigenvalue weighted by atomic mass is 16.3. The van der Waals surface area contributed by atoms with E-state index in [9.17, 15) is 9.90 Å². The Morgan fingerprint density at radius 2 is 1.74 bits per heavy atom. The summed E-state index contributed by atoms with van der Waals surface area (Å²) >= 11 is 0. The van der Waals surface area contributed by atoms with Crippen molar-refractivity contribution in [1.29, 1.82) is 0 Å². The van der Waals surface area contributed by atoms with Gasteiger partial charge in [-0.3, -0.25) is 4.79 Å². The van der Waals surface area contributed by atoms with Gasteiger partial charge in [-0.2, -0.15) is 0 Å². The number of amides is 1. The van der Waals surface area contributed by atoms with Gasteiger partial charge in [0, 0.05) is 18.4 Å². The summed E-state index contributed by atoms with van der Waals surface area (Å²) in [5.74, 6) is 0.503. The Balaban J connectivity index is 4.18. The van der Waals surface area contributed by atoms with Crippen LogP contribution in [0.3, 0.4) is 0 Å². The van der Waals surface area contributed by atoms with E-state index in [1.165, 1.54) is 0 Å². The maximum absolute atomic E-state index is 11.9. The largest absolute Gasteiger partial charge is 0.396 e. The van der Waals surface area contributed by atoms with E-state index in [0.29, 0.717) is 18.9 Å². The minimum atomic E-state index is -0.150. The third kappa shape index (κ3) is 7.56. The van der Waals surface area contributed by atoms with Gasteiger partial charge in [0.2, 0.25) is 5.91 Å². The van der Waals surface area contributed by atoms with Crippen LogP contribution in [-0.2, 0) is 4.79 Å². The molecular weight excluding hydrogens is 238 g/mol. The highest BCUT2D eigenvalue weighted by molar-refractivity contribution is 5.76. The molecule has 0 aliphatic rings. The lowest BCUT2D eigenvalue weighted by molar-refractivity contribution is -0.122. The summed E-state index contributed by atoms with van der Waals surface area (Å²) < 4.78 is 0. The zero-order valence-corrected chi connectivity index (χ0v) is 13.7. The molecule has 0 fully saturated rings. The molecule has 0 bridgehead atoms. The van der Waals surface area contributed by atoms with Gasteiger partial charge >= 0.3 is 0 Å². The summed E-state index contributed by atoms with van der Waals surface area (Å²) in [7, 11) is 0. The van der Waals surface area contributed by atoms with Crippen LogP contribution < -0.4 is 5.32 Å². The van der Waals surface area contributed by atoms with Gasteiger partial charge in [-0.05, 0) is 30.6 Å². The molecule has 3 nitrogen and oxygen atoms in total.